The van der Waals surface area contributed by atoms with Gasteiger partial charge in [-0.15, -0.1) is 0 Å². The highest BCUT2D eigenvalue weighted by Gasteiger charge is 2.30. The molecule has 1 aliphatic heterocycles. The van der Waals surface area contributed by atoms with Crippen LogP contribution in [0, 0.1) is 11.8 Å². The Hall–Kier alpha value is -0.0800. The van der Waals surface area contributed by atoms with Crippen molar-refractivity contribution in [3.05, 3.63) is 0 Å². The van der Waals surface area contributed by atoms with Crippen molar-refractivity contribution in [3.8, 4) is 0 Å². The van der Waals surface area contributed by atoms with Gasteiger partial charge in [-0.1, -0.05) is 34.1 Å². The lowest BCUT2D eigenvalue weighted by Crippen LogP contribution is -2.41. The van der Waals surface area contributed by atoms with Crippen molar-refractivity contribution in [1.82, 2.24) is 10.2 Å². The van der Waals surface area contributed by atoms with E-state index in [9.17, 15) is 0 Å². The molecule has 2 nitrogen and oxygen atoms in total. The van der Waals surface area contributed by atoms with E-state index in [4.69, 9.17) is 0 Å². The number of rotatable bonds is 6. The van der Waals surface area contributed by atoms with Crippen LogP contribution in [0.5, 0.6) is 0 Å². The fourth-order valence-corrected chi connectivity index (χ4v) is 2.53. The van der Waals surface area contributed by atoms with Gasteiger partial charge in [-0.2, -0.15) is 0 Å². The maximum atomic E-state index is 3.50. The normalized spacial score (nSPS) is 29.6. The van der Waals surface area contributed by atoms with Crippen molar-refractivity contribution in [2.75, 3.05) is 26.2 Å². The SMILES string of the molecule is CCCC(CNCC)N1CC(C)C(C)C1. The summed E-state index contributed by atoms with van der Waals surface area (Å²) >= 11 is 0. The molecule has 0 aromatic carbocycles. The molecule has 1 aliphatic rings. The van der Waals surface area contributed by atoms with Crippen molar-refractivity contribution in [3.63, 3.8) is 0 Å². The fourth-order valence-electron chi connectivity index (χ4n) is 2.53. The molecule has 0 aliphatic carbocycles. The standard InChI is InChI=1S/C13H28N2/c1-5-7-13(8-14-6-2)15-9-11(3)12(4)10-15/h11-14H,5-10H2,1-4H3. The monoisotopic (exact) mass is 212 g/mol. The van der Waals surface area contributed by atoms with Crippen LogP contribution in [0.1, 0.15) is 40.5 Å². The van der Waals surface area contributed by atoms with Crippen LogP contribution in [0.25, 0.3) is 0 Å². The Balaban J connectivity index is 2.41. The van der Waals surface area contributed by atoms with Crippen LogP contribution in [0.2, 0.25) is 0 Å². The van der Waals surface area contributed by atoms with Gasteiger partial charge in [-0.05, 0) is 24.8 Å². The summed E-state index contributed by atoms with van der Waals surface area (Å²) in [7, 11) is 0. The third kappa shape index (κ3) is 3.76. The molecular formula is C13H28N2. The summed E-state index contributed by atoms with van der Waals surface area (Å²) in [6.45, 7) is 14.1. The average Bonchev–Trinajstić information content (AvgIpc) is 2.54. The molecule has 0 aromatic rings. The van der Waals surface area contributed by atoms with E-state index in [1.165, 1.54) is 32.5 Å². The van der Waals surface area contributed by atoms with Gasteiger partial charge in [0.05, 0.1) is 0 Å². The molecular weight excluding hydrogens is 184 g/mol. The van der Waals surface area contributed by atoms with Crippen molar-refractivity contribution in [2.45, 2.75) is 46.6 Å². The number of hydrogen-bond acceptors (Lipinski definition) is 2. The second kappa shape index (κ2) is 6.49. The second-order valence-electron chi connectivity index (χ2n) is 5.16. The highest BCUT2D eigenvalue weighted by Crippen LogP contribution is 2.25. The van der Waals surface area contributed by atoms with Crippen LogP contribution < -0.4 is 5.32 Å². The summed E-state index contributed by atoms with van der Waals surface area (Å²) in [5.74, 6) is 1.76. The first-order valence-electron chi connectivity index (χ1n) is 6.63. The lowest BCUT2D eigenvalue weighted by molar-refractivity contribution is 0.214. The molecule has 3 unspecified atom stereocenters. The number of likely N-dealkylation sites (N-methyl/N-ethyl adjacent to an activating group) is 1. The Kier molecular flexibility index (Phi) is 5.62. The molecule has 1 fully saturated rings. The summed E-state index contributed by atoms with van der Waals surface area (Å²) in [5.41, 5.74) is 0. The molecule has 1 N–H and O–H groups in total. The molecule has 0 spiro atoms. The number of likely N-dealkylation sites (tertiary alicyclic amines) is 1. The van der Waals surface area contributed by atoms with Crippen LogP contribution in [0.15, 0.2) is 0 Å². The zero-order chi connectivity index (χ0) is 11.3. The molecule has 90 valence electrons. The molecule has 1 heterocycles. The van der Waals surface area contributed by atoms with Crippen LogP contribution in [0.3, 0.4) is 0 Å². The quantitative estimate of drug-likeness (QED) is 0.727. The van der Waals surface area contributed by atoms with E-state index < -0.39 is 0 Å². The Morgan fingerprint density at radius 3 is 2.27 bits per heavy atom. The van der Waals surface area contributed by atoms with Gasteiger partial charge in [0.2, 0.25) is 0 Å². The van der Waals surface area contributed by atoms with Gasteiger partial charge in [0.1, 0.15) is 0 Å². The molecule has 2 heteroatoms. The van der Waals surface area contributed by atoms with Crippen LogP contribution in [-0.2, 0) is 0 Å². The van der Waals surface area contributed by atoms with Gasteiger partial charge < -0.3 is 5.32 Å². The highest BCUT2D eigenvalue weighted by molar-refractivity contribution is 4.84. The number of nitrogens with zero attached hydrogens (tertiary/aromatic N) is 1. The maximum Gasteiger partial charge on any atom is 0.0220 e. The molecule has 0 radical (unpaired) electrons. The highest BCUT2D eigenvalue weighted by atomic mass is 15.2. The zero-order valence-electron chi connectivity index (χ0n) is 10.9. The van der Waals surface area contributed by atoms with E-state index in [0.29, 0.717) is 0 Å². The molecule has 0 saturated carbocycles. The zero-order valence-corrected chi connectivity index (χ0v) is 10.9. The van der Waals surface area contributed by atoms with E-state index in [0.717, 1.165) is 24.4 Å². The van der Waals surface area contributed by atoms with Gasteiger partial charge in [0.15, 0.2) is 0 Å². The first kappa shape index (κ1) is 13.0. The predicted molar refractivity (Wildman–Crippen MR) is 67.1 cm³/mol. The molecule has 15 heavy (non-hydrogen) atoms. The lowest BCUT2D eigenvalue weighted by Gasteiger charge is -2.28. The molecule has 3 atom stereocenters. The van der Waals surface area contributed by atoms with Crippen molar-refractivity contribution < 1.29 is 0 Å². The van der Waals surface area contributed by atoms with Gasteiger partial charge in [-0.3, -0.25) is 4.90 Å². The average molecular weight is 212 g/mol. The van der Waals surface area contributed by atoms with Crippen molar-refractivity contribution in [2.24, 2.45) is 11.8 Å². The fraction of sp³-hybridized carbons (Fsp3) is 1.00. The Morgan fingerprint density at radius 2 is 1.80 bits per heavy atom. The summed E-state index contributed by atoms with van der Waals surface area (Å²) in [6, 6.07) is 0.766. The minimum Gasteiger partial charge on any atom is -0.315 e. The van der Waals surface area contributed by atoms with E-state index in [2.05, 4.69) is 37.9 Å². The van der Waals surface area contributed by atoms with Crippen molar-refractivity contribution >= 4 is 0 Å². The molecule has 1 saturated heterocycles. The third-order valence-electron chi connectivity index (χ3n) is 3.78. The smallest absolute Gasteiger partial charge is 0.0220 e. The second-order valence-corrected chi connectivity index (χ2v) is 5.16. The van der Waals surface area contributed by atoms with Crippen molar-refractivity contribution in [1.29, 1.82) is 0 Å². The van der Waals surface area contributed by atoms with E-state index in [1.807, 2.05) is 0 Å². The Morgan fingerprint density at radius 1 is 1.20 bits per heavy atom. The molecule has 1 rings (SSSR count). The molecule has 0 amide bonds. The summed E-state index contributed by atoms with van der Waals surface area (Å²) < 4.78 is 0. The topological polar surface area (TPSA) is 15.3 Å². The minimum absolute atomic E-state index is 0.766. The van der Waals surface area contributed by atoms with Gasteiger partial charge >= 0.3 is 0 Å². The number of nitrogens with one attached hydrogen (secondary N) is 1. The maximum absolute atomic E-state index is 3.50. The van der Waals surface area contributed by atoms with Gasteiger partial charge in [0, 0.05) is 25.7 Å². The third-order valence-corrected chi connectivity index (χ3v) is 3.78. The van der Waals surface area contributed by atoms with Crippen LogP contribution in [-0.4, -0.2) is 37.1 Å². The van der Waals surface area contributed by atoms with E-state index >= 15 is 0 Å². The Bertz CT molecular complexity index is 160. The minimum atomic E-state index is 0.766. The Labute approximate surface area is 95.4 Å². The first-order valence-corrected chi connectivity index (χ1v) is 6.63. The van der Waals surface area contributed by atoms with E-state index in [-0.39, 0.29) is 0 Å². The predicted octanol–water partition coefficient (Wildman–Crippen LogP) is 2.35. The lowest BCUT2D eigenvalue weighted by atomic mass is 10.0. The molecule has 0 bridgehead atoms. The summed E-state index contributed by atoms with van der Waals surface area (Å²) in [5, 5.41) is 3.50. The van der Waals surface area contributed by atoms with Crippen LogP contribution >= 0.6 is 0 Å². The van der Waals surface area contributed by atoms with Crippen LogP contribution in [0.4, 0.5) is 0 Å². The molecule has 0 aromatic heterocycles. The largest absolute Gasteiger partial charge is 0.315 e. The van der Waals surface area contributed by atoms with E-state index in [1.54, 1.807) is 0 Å². The van der Waals surface area contributed by atoms with Gasteiger partial charge in [0.25, 0.3) is 0 Å². The van der Waals surface area contributed by atoms with Gasteiger partial charge in [-0.25, -0.2) is 0 Å². The summed E-state index contributed by atoms with van der Waals surface area (Å²) in [6.07, 6.45) is 2.64. The summed E-state index contributed by atoms with van der Waals surface area (Å²) in [4.78, 5) is 2.70. The first-order chi connectivity index (χ1) is 7.19. The number of hydrogen-bond donors (Lipinski definition) is 1.